The molecule has 0 spiro atoms. The van der Waals surface area contributed by atoms with Crippen molar-refractivity contribution >= 4 is 15.7 Å². The van der Waals surface area contributed by atoms with Gasteiger partial charge < -0.3 is 14.2 Å². The van der Waals surface area contributed by atoms with Crippen molar-refractivity contribution in [3.8, 4) is 0 Å². The van der Waals surface area contributed by atoms with Crippen LogP contribution >= 0.6 is 0 Å². The Kier molecular flexibility index (Phi) is 5.46. The number of furan rings is 1. The van der Waals surface area contributed by atoms with Crippen molar-refractivity contribution in [1.29, 1.82) is 0 Å². The minimum atomic E-state index is -3.13. The Hall–Kier alpha value is -1.38. The molecule has 0 saturated carbocycles. The summed E-state index contributed by atoms with van der Waals surface area (Å²) in [6, 6.07) is 3.10. The summed E-state index contributed by atoms with van der Waals surface area (Å²) in [7, 11) is 0.743. The van der Waals surface area contributed by atoms with Crippen molar-refractivity contribution in [2.45, 2.75) is 32.5 Å². The minimum absolute atomic E-state index is 0.0449. The fourth-order valence-electron chi connectivity index (χ4n) is 4.00. The third-order valence-electron chi connectivity index (χ3n) is 5.00. The molecule has 2 atom stereocenters. The second kappa shape index (κ2) is 7.32. The van der Waals surface area contributed by atoms with Crippen molar-refractivity contribution in [2.75, 3.05) is 45.2 Å². The van der Waals surface area contributed by atoms with Gasteiger partial charge in [-0.2, -0.15) is 0 Å². The summed E-state index contributed by atoms with van der Waals surface area (Å²) in [4.78, 5) is 18.9. The lowest BCUT2D eigenvalue weighted by atomic mass is 10.0. The Morgan fingerprint density at radius 3 is 2.58 bits per heavy atom. The predicted octanol–water partition coefficient (Wildman–Crippen LogP) is 0.921. The second-order valence-corrected chi connectivity index (χ2v) is 10.3. The fraction of sp³-hybridized carbons (Fsp3) is 0.722. The maximum absolute atomic E-state index is 13.0. The van der Waals surface area contributed by atoms with Crippen molar-refractivity contribution in [2.24, 2.45) is 5.92 Å². The molecule has 7 nitrogen and oxygen atoms in total. The summed E-state index contributed by atoms with van der Waals surface area (Å²) in [5.41, 5.74) is 0. The number of carbonyl (C=O) groups is 1. The van der Waals surface area contributed by atoms with E-state index in [4.69, 9.17) is 4.42 Å². The summed E-state index contributed by atoms with van der Waals surface area (Å²) >= 11 is 0. The minimum Gasteiger partial charge on any atom is -0.455 e. The number of sulfone groups is 1. The van der Waals surface area contributed by atoms with Crippen LogP contribution in [0, 0.1) is 5.92 Å². The first-order valence-electron chi connectivity index (χ1n) is 9.15. The molecule has 146 valence electrons. The van der Waals surface area contributed by atoms with E-state index in [0.717, 1.165) is 12.3 Å². The molecule has 0 N–H and O–H groups in total. The van der Waals surface area contributed by atoms with Gasteiger partial charge in [-0.25, -0.2) is 8.42 Å². The number of amides is 1. The molecule has 26 heavy (non-hydrogen) atoms. The van der Waals surface area contributed by atoms with E-state index in [1.807, 2.05) is 25.1 Å². The lowest BCUT2D eigenvalue weighted by Gasteiger charge is -2.44. The van der Waals surface area contributed by atoms with Crippen LogP contribution in [0.15, 0.2) is 16.5 Å². The highest BCUT2D eigenvalue weighted by atomic mass is 32.2. The Morgan fingerprint density at radius 1 is 1.23 bits per heavy atom. The second-order valence-electron chi connectivity index (χ2n) is 8.10. The Labute approximate surface area is 155 Å². The number of fused-ring (bicyclic) bond motifs is 1. The topological polar surface area (TPSA) is 74.1 Å². The van der Waals surface area contributed by atoms with E-state index in [-0.39, 0.29) is 29.5 Å². The van der Waals surface area contributed by atoms with Crippen molar-refractivity contribution in [1.82, 2.24) is 14.7 Å². The van der Waals surface area contributed by atoms with E-state index in [9.17, 15) is 13.2 Å². The molecular formula is C18H29N3O4S. The van der Waals surface area contributed by atoms with Gasteiger partial charge in [0.05, 0.1) is 24.1 Å². The highest BCUT2D eigenvalue weighted by Gasteiger charge is 2.48. The van der Waals surface area contributed by atoms with Gasteiger partial charge in [0.1, 0.15) is 5.76 Å². The molecule has 2 saturated heterocycles. The van der Waals surface area contributed by atoms with Gasteiger partial charge in [-0.15, -0.1) is 0 Å². The number of rotatable bonds is 5. The number of hydrogen-bond acceptors (Lipinski definition) is 6. The Balaban J connectivity index is 1.79. The highest BCUT2D eigenvalue weighted by Crippen LogP contribution is 2.29. The first kappa shape index (κ1) is 19.4. The van der Waals surface area contributed by atoms with Crippen molar-refractivity contribution < 1.29 is 17.6 Å². The first-order valence-corrected chi connectivity index (χ1v) is 11.0. The number of nitrogens with zero attached hydrogens (tertiary/aromatic N) is 3. The van der Waals surface area contributed by atoms with Gasteiger partial charge >= 0.3 is 0 Å². The standard InChI is InChI=1S/C18H29N3O4S/c1-13(2)9-20-7-8-21(16-12-26(23,24)11-15(16)20)18(22)17-6-5-14(25-17)10-19(3)4/h5-6,13,15-16H,7-12H2,1-4H3. The van der Waals surface area contributed by atoms with Gasteiger partial charge in [-0.1, -0.05) is 13.8 Å². The van der Waals surface area contributed by atoms with Crippen LogP contribution in [0.25, 0.3) is 0 Å². The maximum atomic E-state index is 13.0. The quantitative estimate of drug-likeness (QED) is 0.753. The van der Waals surface area contributed by atoms with E-state index in [2.05, 4.69) is 18.7 Å². The van der Waals surface area contributed by atoms with Gasteiger partial charge in [0.25, 0.3) is 5.91 Å². The van der Waals surface area contributed by atoms with Gasteiger partial charge in [-0.3, -0.25) is 9.69 Å². The van der Waals surface area contributed by atoms with Gasteiger partial charge in [0.15, 0.2) is 15.6 Å². The third-order valence-corrected chi connectivity index (χ3v) is 6.69. The molecule has 1 amide bonds. The lowest BCUT2D eigenvalue weighted by molar-refractivity contribution is 0.0272. The number of carbonyl (C=O) groups excluding carboxylic acids is 1. The summed E-state index contributed by atoms with van der Waals surface area (Å²) in [5.74, 6) is 1.46. The summed E-state index contributed by atoms with van der Waals surface area (Å²) in [6.45, 7) is 6.97. The van der Waals surface area contributed by atoms with Crippen LogP contribution in [0.4, 0.5) is 0 Å². The molecule has 0 radical (unpaired) electrons. The van der Waals surface area contributed by atoms with Crippen LogP contribution in [0.5, 0.6) is 0 Å². The molecule has 1 aromatic rings. The lowest BCUT2D eigenvalue weighted by Crippen LogP contribution is -2.61. The zero-order valence-corrected chi connectivity index (χ0v) is 16.8. The molecule has 8 heteroatoms. The SMILES string of the molecule is CC(C)CN1CCN(C(=O)c2ccc(CN(C)C)o2)C2CS(=O)(=O)CC21. The van der Waals surface area contributed by atoms with Gasteiger partial charge in [-0.05, 0) is 32.1 Å². The first-order chi connectivity index (χ1) is 12.2. The normalized spacial score (nSPS) is 25.8. The molecular weight excluding hydrogens is 354 g/mol. The zero-order chi connectivity index (χ0) is 19.1. The summed E-state index contributed by atoms with van der Waals surface area (Å²) in [6.07, 6.45) is 0. The zero-order valence-electron chi connectivity index (χ0n) is 16.0. The molecule has 0 aliphatic carbocycles. The van der Waals surface area contributed by atoms with Crippen LogP contribution in [0.1, 0.15) is 30.2 Å². The molecule has 2 aliphatic heterocycles. The van der Waals surface area contributed by atoms with Crippen molar-refractivity contribution in [3.63, 3.8) is 0 Å². The molecule has 0 bridgehead atoms. The van der Waals surface area contributed by atoms with E-state index in [0.29, 0.717) is 31.3 Å². The maximum Gasteiger partial charge on any atom is 0.289 e. The number of piperazine rings is 1. The molecule has 3 heterocycles. The Morgan fingerprint density at radius 2 is 1.92 bits per heavy atom. The van der Waals surface area contributed by atoms with Crippen molar-refractivity contribution in [3.05, 3.63) is 23.7 Å². The molecule has 0 aromatic carbocycles. The van der Waals surface area contributed by atoms with Crippen LogP contribution in [-0.4, -0.2) is 86.3 Å². The van der Waals surface area contributed by atoms with Crippen LogP contribution in [-0.2, 0) is 16.4 Å². The van der Waals surface area contributed by atoms with Gasteiger partial charge in [0, 0.05) is 25.7 Å². The largest absolute Gasteiger partial charge is 0.455 e. The number of hydrogen-bond donors (Lipinski definition) is 0. The molecule has 2 unspecified atom stereocenters. The average molecular weight is 384 g/mol. The monoisotopic (exact) mass is 383 g/mol. The van der Waals surface area contributed by atoms with Crippen LogP contribution in [0.3, 0.4) is 0 Å². The predicted molar refractivity (Wildman–Crippen MR) is 99.8 cm³/mol. The van der Waals surface area contributed by atoms with E-state index >= 15 is 0 Å². The Bertz CT molecular complexity index is 756. The van der Waals surface area contributed by atoms with Crippen LogP contribution < -0.4 is 0 Å². The molecule has 2 fully saturated rings. The smallest absolute Gasteiger partial charge is 0.289 e. The average Bonchev–Trinajstić information content (AvgIpc) is 3.09. The third kappa shape index (κ3) is 4.13. The molecule has 3 rings (SSSR count). The van der Waals surface area contributed by atoms with Crippen LogP contribution in [0.2, 0.25) is 0 Å². The molecule has 2 aliphatic rings. The van der Waals surface area contributed by atoms with Gasteiger partial charge in [0.2, 0.25) is 0 Å². The van der Waals surface area contributed by atoms with E-state index in [1.54, 1.807) is 11.0 Å². The molecule has 1 aromatic heterocycles. The highest BCUT2D eigenvalue weighted by molar-refractivity contribution is 7.91. The fourth-order valence-corrected chi connectivity index (χ4v) is 6.02. The van der Waals surface area contributed by atoms with E-state index < -0.39 is 9.84 Å². The van der Waals surface area contributed by atoms with E-state index in [1.165, 1.54) is 0 Å². The summed E-state index contributed by atoms with van der Waals surface area (Å²) < 4.78 is 30.2. The summed E-state index contributed by atoms with van der Waals surface area (Å²) in [5, 5.41) is 0.